The van der Waals surface area contributed by atoms with Crippen LogP contribution in [-0.4, -0.2) is 47.8 Å². The fourth-order valence-electron chi connectivity index (χ4n) is 1.09. The number of morpholine rings is 1. The van der Waals surface area contributed by atoms with Crippen molar-refractivity contribution in [3.05, 3.63) is 0 Å². The van der Waals surface area contributed by atoms with E-state index in [1.54, 1.807) is 0 Å². The minimum atomic E-state index is 0. The first-order valence-corrected chi connectivity index (χ1v) is 6.11. The van der Waals surface area contributed by atoms with Gasteiger partial charge in [-0.1, -0.05) is 23.5 Å². The summed E-state index contributed by atoms with van der Waals surface area (Å²) in [5.41, 5.74) is 0. The molecule has 0 aromatic heterocycles. The summed E-state index contributed by atoms with van der Waals surface area (Å²) in [6.07, 6.45) is 4.25. The van der Waals surface area contributed by atoms with Crippen molar-refractivity contribution in [1.82, 2.24) is 0 Å². The normalized spacial score (nSPS) is 17.0. The van der Waals surface area contributed by atoms with Gasteiger partial charge in [-0.2, -0.15) is 0 Å². The third-order valence-electron chi connectivity index (χ3n) is 1.62. The van der Waals surface area contributed by atoms with Crippen LogP contribution in [0.4, 0.5) is 0 Å². The molecule has 1 heterocycles. The largest absolute Gasteiger partial charge is 1.00 e. The highest BCUT2D eigenvalue weighted by atomic mass is 127. The van der Waals surface area contributed by atoms with Crippen LogP contribution in [0.5, 0.6) is 0 Å². The third kappa shape index (κ3) is 3.85. The molecule has 1 saturated heterocycles. The molecule has 0 aromatic carbocycles. The standard InChI is InChI=1S/C7H14NOS2.HI/c1-10-7(11-2)8-3-5-9-6-4-8;/h3-6H2,1-2H3;1H/q+1;/p-1. The van der Waals surface area contributed by atoms with E-state index in [-0.39, 0.29) is 24.0 Å². The Morgan fingerprint density at radius 2 is 1.67 bits per heavy atom. The zero-order valence-electron chi connectivity index (χ0n) is 7.38. The molecular weight excluding hydrogens is 305 g/mol. The first kappa shape index (κ1) is 13.1. The van der Waals surface area contributed by atoms with Crippen molar-refractivity contribution < 1.29 is 33.3 Å². The number of rotatable bonds is 0. The molecule has 2 nitrogen and oxygen atoms in total. The molecule has 0 atom stereocenters. The van der Waals surface area contributed by atoms with Crippen molar-refractivity contribution in [2.45, 2.75) is 0 Å². The quantitative estimate of drug-likeness (QED) is 0.294. The summed E-state index contributed by atoms with van der Waals surface area (Å²) in [5, 5.41) is 0. The van der Waals surface area contributed by atoms with Gasteiger partial charge < -0.3 is 28.7 Å². The van der Waals surface area contributed by atoms with Crippen LogP contribution in [0.3, 0.4) is 0 Å². The van der Waals surface area contributed by atoms with Crippen LogP contribution < -0.4 is 24.0 Å². The monoisotopic (exact) mass is 319 g/mol. The number of halogens is 1. The van der Waals surface area contributed by atoms with Gasteiger partial charge in [0.15, 0.2) is 13.1 Å². The first-order valence-electron chi connectivity index (χ1n) is 3.66. The molecule has 0 N–H and O–H groups in total. The molecule has 0 aromatic rings. The van der Waals surface area contributed by atoms with Crippen LogP contribution in [0, 0.1) is 0 Å². The second kappa shape index (κ2) is 7.46. The van der Waals surface area contributed by atoms with E-state index in [0.717, 1.165) is 26.3 Å². The van der Waals surface area contributed by atoms with E-state index in [2.05, 4.69) is 17.1 Å². The van der Waals surface area contributed by atoms with Gasteiger partial charge in [0, 0.05) is 0 Å². The summed E-state index contributed by atoms with van der Waals surface area (Å²) in [7, 11) is 0. The van der Waals surface area contributed by atoms with Gasteiger partial charge in [0.2, 0.25) is 0 Å². The van der Waals surface area contributed by atoms with Crippen molar-refractivity contribution in [2.75, 3.05) is 38.8 Å². The summed E-state index contributed by atoms with van der Waals surface area (Å²) in [5.74, 6) is 0. The minimum absolute atomic E-state index is 0. The fourth-order valence-corrected chi connectivity index (χ4v) is 2.64. The van der Waals surface area contributed by atoms with Crippen LogP contribution in [0.2, 0.25) is 0 Å². The lowest BCUT2D eigenvalue weighted by molar-refractivity contribution is -0.544. The van der Waals surface area contributed by atoms with Gasteiger partial charge in [0.1, 0.15) is 13.2 Å². The number of ether oxygens (including phenoxy) is 1. The number of hydrogen-bond acceptors (Lipinski definition) is 3. The molecule has 0 spiro atoms. The SMILES string of the molecule is CSC(SC)=[N+]1CCOCC1.[I-]. The molecule has 0 radical (unpaired) electrons. The van der Waals surface area contributed by atoms with Gasteiger partial charge in [0.25, 0.3) is 4.38 Å². The maximum Gasteiger partial charge on any atom is 0.269 e. The number of thioether (sulfide) groups is 2. The second-order valence-corrected chi connectivity index (χ2v) is 4.12. The molecule has 72 valence electrons. The summed E-state index contributed by atoms with van der Waals surface area (Å²) >= 11 is 3.65. The maximum atomic E-state index is 5.27. The second-order valence-electron chi connectivity index (χ2n) is 2.27. The minimum Gasteiger partial charge on any atom is -1.00 e. The van der Waals surface area contributed by atoms with Gasteiger partial charge >= 0.3 is 0 Å². The Hall–Kier alpha value is 1.06. The van der Waals surface area contributed by atoms with Crippen LogP contribution in [0.25, 0.3) is 0 Å². The molecule has 1 aliphatic heterocycles. The molecule has 1 rings (SSSR count). The summed E-state index contributed by atoms with van der Waals surface area (Å²) in [4.78, 5) is 0. The molecule has 1 aliphatic rings. The van der Waals surface area contributed by atoms with E-state index >= 15 is 0 Å². The Kier molecular flexibility index (Phi) is 8.12. The lowest BCUT2D eigenvalue weighted by Crippen LogP contribution is -3.00. The summed E-state index contributed by atoms with van der Waals surface area (Å²) in [6, 6.07) is 0. The molecule has 0 amide bonds. The van der Waals surface area contributed by atoms with Gasteiger partial charge in [-0.3, -0.25) is 0 Å². The average molecular weight is 319 g/mol. The van der Waals surface area contributed by atoms with Crippen LogP contribution in [0.1, 0.15) is 0 Å². The Morgan fingerprint density at radius 3 is 2.08 bits per heavy atom. The lowest BCUT2D eigenvalue weighted by Gasteiger charge is -2.12. The maximum absolute atomic E-state index is 5.27. The van der Waals surface area contributed by atoms with Crippen molar-refractivity contribution >= 4 is 27.9 Å². The van der Waals surface area contributed by atoms with E-state index in [4.69, 9.17) is 4.74 Å². The van der Waals surface area contributed by atoms with E-state index in [1.165, 1.54) is 4.38 Å². The van der Waals surface area contributed by atoms with Crippen LogP contribution in [-0.2, 0) is 4.74 Å². The van der Waals surface area contributed by atoms with Crippen LogP contribution in [0.15, 0.2) is 0 Å². The first-order chi connectivity index (χ1) is 5.38. The Morgan fingerprint density at radius 1 is 1.17 bits per heavy atom. The van der Waals surface area contributed by atoms with Gasteiger partial charge in [0.05, 0.1) is 0 Å². The van der Waals surface area contributed by atoms with Gasteiger partial charge in [-0.15, -0.1) is 0 Å². The van der Waals surface area contributed by atoms with E-state index in [0.29, 0.717) is 0 Å². The zero-order valence-corrected chi connectivity index (χ0v) is 11.2. The van der Waals surface area contributed by atoms with Gasteiger partial charge in [-0.25, -0.2) is 4.58 Å². The summed E-state index contributed by atoms with van der Waals surface area (Å²) < 4.78 is 9.06. The Balaban J connectivity index is 0.00000121. The highest BCUT2D eigenvalue weighted by Gasteiger charge is 2.16. The molecule has 0 unspecified atom stereocenters. The van der Waals surface area contributed by atoms with Crippen molar-refractivity contribution in [1.29, 1.82) is 0 Å². The highest BCUT2D eigenvalue weighted by Crippen LogP contribution is 2.11. The molecule has 0 saturated carbocycles. The van der Waals surface area contributed by atoms with Crippen LogP contribution >= 0.6 is 23.5 Å². The number of nitrogens with zero attached hydrogens (tertiary/aromatic N) is 1. The van der Waals surface area contributed by atoms with Crippen molar-refractivity contribution in [2.24, 2.45) is 0 Å². The lowest BCUT2D eigenvalue weighted by atomic mass is 10.5. The predicted molar refractivity (Wildman–Crippen MR) is 52.9 cm³/mol. The molecule has 12 heavy (non-hydrogen) atoms. The molecule has 0 bridgehead atoms. The smallest absolute Gasteiger partial charge is 0.269 e. The molecular formula is C7H14INOS2. The Bertz CT molecular complexity index is 149. The van der Waals surface area contributed by atoms with E-state index in [1.807, 2.05) is 23.5 Å². The van der Waals surface area contributed by atoms with E-state index < -0.39 is 0 Å². The van der Waals surface area contributed by atoms with Crippen molar-refractivity contribution in [3.8, 4) is 0 Å². The molecule has 0 aliphatic carbocycles. The molecule has 5 heteroatoms. The molecule has 1 fully saturated rings. The summed E-state index contributed by atoms with van der Waals surface area (Å²) in [6.45, 7) is 3.86. The van der Waals surface area contributed by atoms with Crippen molar-refractivity contribution in [3.63, 3.8) is 0 Å². The Labute approximate surface area is 99.5 Å². The van der Waals surface area contributed by atoms with E-state index in [9.17, 15) is 0 Å². The van der Waals surface area contributed by atoms with Gasteiger partial charge in [-0.05, 0) is 12.5 Å². The predicted octanol–water partition coefficient (Wildman–Crippen LogP) is -1.88. The third-order valence-corrected chi connectivity index (χ3v) is 3.83. The highest BCUT2D eigenvalue weighted by molar-refractivity contribution is 8.38. The average Bonchev–Trinajstić information content (AvgIpc) is 2.09. The topological polar surface area (TPSA) is 12.2 Å². The zero-order chi connectivity index (χ0) is 8.10. The fraction of sp³-hybridized carbons (Fsp3) is 0.857. The number of hydrogen-bond donors (Lipinski definition) is 0.